The largest absolute Gasteiger partial charge is 0.392 e. The number of hydrogen-bond donors (Lipinski definition) is 2. The van der Waals surface area contributed by atoms with Crippen LogP contribution in [0.25, 0.3) is 0 Å². The maximum Gasteiger partial charge on any atom is 0.221 e. The van der Waals surface area contributed by atoms with Crippen molar-refractivity contribution in [3.63, 3.8) is 0 Å². The summed E-state index contributed by atoms with van der Waals surface area (Å²) >= 11 is 0. The van der Waals surface area contributed by atoms with Gasteiger partial charge in [-0.25, -0.2) is 0 Å². The third kappa shape index (κ3) is 4.04. The Hall–Kier alpha value is -1.36. The van der Waals surface area contributed by atoms with Gasteiger partial charge < -0.3 is 10.4 Å². The van der Waals surface area contributed by atoms with E-state index in [2.05, 4.69) is 10.4 Å². The van der Waals surface area contributed by atoms with Crippen LogP contribution in [0.4, 0.5) is 0 Å². The van der Waals surface area contributed by atoms with Gasteiger partial charge in [0.25, 0.3) is 0 Å². The Labute approximate surface area is 82.7 Å². The van der Waals surface area contributed by atoms with Gasteiger partial charge in [0.2, 0.25) is 5.91 Å². The van der Waals surface area contributed by atoms with Crippen molar-refractivity contribution >= 4 is 5.91 Å². The minimum Gasteiger partial charge on any atom is -0.392 e. The first-order valence-electron chi connectivity index (χ1n) is 4.60. The number of amides is 1. The lowest BCUT2D eigenvalue weighted by atomic mass is 10.3. The van der Waals surface area contributed by atoms with E-state index in [0.29, 0.717) is 19.5 Å². The highest BCUT2D eigenvalue weighted by atomic mass is 16.3. The number of carbonyl (C=O) groups is 1. The summed E-state index contributed by atoms with van der Waals surface area (Å²) in [6.45, 7) is 2.50. The van der Waals surface area contributed by atoms with E-state index in [-0.39, 0.29) is 5.91 Å². The van der Waals surface area contributed by atoms with Gasteiger partial charge in [0.1, 0.15) is 0 Å². The molecule has 78 valence electrons. The molecule has 2 N–H and O–H groups in total. The van der Waals surface area contributed by atoms with E-state index in [1.807, 2.05) is 12.3 Å². The fraction of sp³-hybridized carbons (Fsp3) is 0.556. The molecule has 0 aliphatic heterocycles. The number of nitrogens with one attached hydrogen (secondary N) is 1. The Bertz CT molecular complexity index is 270. The van der Waals surface area contributed by atoms with Crippen LogP contribution in [0.2, 0.25) is 0 Å². The second kappa shape index (κ2) is 5.39. The number of aliphatic hydroxyl groups is 1. The van der Waals surface area contributed by atoms with Crippen LogP contribution in [0, 0.1) is 0 Å². The maximum absolute atomic E-state index is 11.2. The first-order valence-corrected chi connectivity index (χ1v) is 4.60. The number of aromatic nitrogens is 2. The fourth-order valence-corrected chi connectivity index (χ4v) is 0.999. The molecular weight excluding hydrogens is 182 g/mol. The van der Waals surface area contributed by atoms with Gasteiger partial charge >= 0.3 is 0 Å². The summed E-state index contributed by atoms with van der Waals surface area (Å²) < 4.78 is 1.70. The highest BCUT2D eigenvalue weighted by Crippen LogP contribution is 1.89. The van der Waals surface area contributed by atoms with Gasteiger partial charge in [-0.05, 0) is 13.0 Å². The molecule has 14 heavy (non-hydrogen) atoms. The van der Waals surface area contributed by atoms with E-state index in [4.69, 9.17) is 5.11 Å². The van der Waals surface area contributed by atoms with Crippen molar-refractivity contribution in [1.82, 2.24) is 15.1 Å². The second-order valence-corrected chi connectivity index (χ2v) is 3.17. The quantitative estimate of drug-likeness (QED) is 0.685. The molecule has 0 spiro atoms. The minimum absolute atomic E-state index is 0.0681. The molecule has 1 aromatic rings. The molecule has 0 radical (unpaired) electrons. The van der Waals surface area contributed by atoms with E-state index < -0.39 is 6.10 Å². The van der Waals surface area contributed by atoms with Gasteiger partial charge in [-0.1, -0.05) is 0 Å². The lowest BCUT2D eigenvalue weighted by Crippen LogP contribution is -2.31. The molecule has 0 aliphatic carbocycles. The fourth-order valence-electron chi connectivity index (χ4n) is 0.999. The first-order chi connectivity index (χ1) is 6.68. The maximum atomic E-state index is 11.2. The molecule has 1 unspecified atom stereocenters. The summed E-state index contributed by atoms with van der Waals surface area (Å²) in [5.41, 5.74) is 0. The normalized spacial score (nSPS) is 12.4. The zero-order chi connectivity index (χ0) is 10.4. The van der Waals surface area contributed by atoms with Crippen LogP contribution in [0.3, 0.4) is 0 Å². The number of hydrogen-bond acceptors (Lipinski definition) is 3. The molecule has 1 heterocycles. The summed E-state index contributed by atoms with van der Waals surface area (Å²) in [6.07, 6.45) is 3.37. The van der Waals surface area contributed by atoms with Crippen molar-refractivity contribution in [2.24, 2.45) is 0 Å². The van der Waals surface area contributed by atoms with Crippen molar-refractivity contribution in [2.75, 3.05) is 6.54 Å². The Morgan fingerprint density at radius 2 is 2.50 bits per heavy atom. The first kappa shape index (κ1) is 10.7. The summed E-state index contributed by atoms with van der Waals surface area (Å²) in [7, 11) is 0. The number of nitrogens with zero attached hydrogens (tertiary/aromatic N) is 2. The monoisotopic (exact) mass is 197 g/mol. The van der Waals surface area contributed by atoms with Crippen LogP contribution < -0.4 is 5.32 Å². The van der Waals surface area contributed by atoms with Gasteiger partial charge in [0, 0.05) is 31.9 Å². The van der Waals surface area contributed by atoms with Crippen LogP contribution in [-0.2, 0) is 11.3 Å². The minimum atomic E-state index is -0.497. The molecule has 0 aromatic carbocycles. The molecule has 1 atom stereocenters. The van der Waals surface area contributed by atoms with E-state index >= 15 is 0 Å². The molecule has 0 saturated carbocycles. The molecular formula is C9H15N3O2. The number of aliphatic hydroxyl groups excluding tert-OH is 1. The molecule has 1 amide bonds. The predicted octanol–water partition coefficient (Wildman–Crippen LogP) is -0.230. The molecule has 5 heteroatoms. The Morgan fingerprint density at radius 1 is 1.71 bits per heavy atom. The van der Waals surface area contributed by atoms with Gasteiger partial charge in [0.05, 0.1) is 6.10 Å². The van der Waals surface area contributed by atoms with E-state index in [1.54, 1.807) is 17.8 Å². The van der Waals surface area contributed by atoms with E-state index in [0.717, 1.165) is 0 Å². The highest BCUT2D eigenvalue weighted by Gasteiger charge is 2.02. The second-order valence-electron chi connectivity index (χ2n) is 3.17. The van der Waals surface area contributed by atoms with Gasteiger partial charge in [-0.3, -0.25) is 9.48 Å². The summed E-state index contributed by atoms with van der Waals surface area (Å²) in [5.74, 6) is -0.0681. The van der Waals surface area contributed by atoms with Crippen molar-refractivity contribution in [3.05, 3.63) is 18.5 Å². The third-order valence-electron chi connectivity index (χ3n) is 1.72. The molecule has 1 aromatic heterocycles. The van der Waals surface area contributed by atoms with Crippen LogP contribution in [-0.4, -0.2) is 33.4 Å². The molecule has 0 aliphatic rings. The number of rotatable bonds is 5. The van der Waals surface area contributed by atoms with Crippen LogP contribution >= 0.6 is 0 Å². The van der Waals surface area contributed by atoms with E-state index in [1.165, 1.54) is 0 Å². The predicted molar refractivity (Wildman–Crippen MR) is 51.5 cm³/mol. The van der Waals surface area contributed by atoms with Crippen molar-refractivity contribution in [2.45, 2.75) is 26.0 Å². The lowest BCUT2D eigenvalue weighted by Gasteiger charge is -2.06. The van der Waals surface area contributed by atoms with Gasteiger partial charge in [0.15, 0.2) is 0 Å². The smallest absolute Gasteiger partial charge is 0.221 e. The van der Waals surface area contributed by atoms with Crippen LogP contribution in [0.15, 0.2) is 18.5 Å². The average Bonchev–Trinajstić information content (AvgIpc) is 2.63. The number of carbonyl (C=O) groups excluding carboxylic acids is 1. The van der Waals surface area contributed by atoms with E-state index in [9.17, 15) is 4.79 Å². The highest BCUT2D eigenvalue weighted by molar-refractivity contribution is 5.75. The number of aryl methyl sites for hydroxylation is 1. The Balaban J connectivity index is 2.15. The lowest BCUT2D eigenvalue weighted by molar-refractivity contribution is -0.121. The molecule has 0 saturated heterocycles. The summed E-state index contributed by atoms with van der Waals surface area (Å²) in [5, 5.41) is 15.5. The van der Waals surface area contributed by atoms with Crippen molar-refractivity contribution < 1.29 is 9.90 Å². The van der Waals surface area contributed by atoms with Gasteiger partial charge in [-0.2, -0.15) is 5.10 Å². The van der Waals surface area contributed by atoms with Crippen molar-refractivity contribution in [1.29, 1.82) is 0 Å². The molecule has 1 rings (SSSR count). The zero-order valence-electron chi connectivity index (χ0n) is 8.18. The Kier molecular flexibility index (Phi) is 4.12. The Morgan fingerprint density at radius 3 is 3.07 bits per heavy atom. The molecule has 0 bridgehead atoms. The average molecular weight is 197 g/mol. The molecule has 0 fully saturated rings. The van der Waals surface area contributed by atoms with Crippen LogP contribution in [0.5, 0.6) is 0 Å². The molecule has 5 nitrogen and oxygen atoms in total. The SMILES string of the molecule is CC(O)CNC(=O)CCn1cccn1. The topological polar surface area (TPSA) is 67.2 Å². The summed E-state index contributed by atoms with van der Waals surface area (Å²) in [4.78, 5) is 11.2. The zero-order valence-corrected chi connectivity index (χ0v) is 8.18. The van der Waals surface area contributed by atoms with Crippen LogP contribution in [0.1, 0.15) is 13.3 Å². The van der Waals surface area contributed by atoms with Gasteiger partial charge in [-0.15, -0.1) is 0 Å². The van der Waals surface area contributed by atoms with Crippen molar-refractivity contribution in [3.8, 4) is 0 Å². The summed E-state index contributed by atoms with van der Waals surface area (Å²) in [6, 6.07) is 1.81. The standard InChI is InChI=1S/C9H15N3O2/c1-8(13)7-10-9(14)3-6-12-5-2-4-11-12/h2,4-5,8,13H,3,6-7H2,1H3,(H,10,14). The third-order valence-corrected chi connectivity index (χ3v) is 1.72.